The summed E-state index contributed by atoms with van der Waals surface area (Å²) in [5.74, 6) is 0.859. The van der Waals surface area contributed by atoms with Crippen LogP contribution in [0.15, 0.2) is 60.8 Å². The van der Waals surface area contributed by atoms with Crippen molar-refractivity contribution in [2.24, 2.45) is 0 Å². The normalized spacial score (nSPS) is 13.3. The first kappa shape index (κ1) is 24.8. The maximum absolute atomic E-state index is 5.24. The SMILES string of the molecule is Cc1cccc2c1c1ccc[c-]c1c1nc3c(n21)B(c1c(C(C)C)cccc1C(C)C)N(C)C=C3.[Ir]. The Morgan fingerprint density at radius 3 is 2.31 bits per heavy atom. The average molecular weight is 649 g/mol. The molecule has 0 saturated carbocycles. The molecule has 1 radical (unpaired) electrons. The van der Waals surface area contributed by atoms with Crippen LogP contribution in [0.5, 0.6) is 0 Å². The zero-order chi connectivity index (χ0) is 24.4. The van der Waals surface area contributed by atoms with Crippen LogP contribution in [0.1, 0.15) is 61.9 Å². The van der Waals surface area contributed by atoms with Gasteiger partial charge < -0.3 is 9.21 Å². The van der Waals surface area contributed by atoms with Gasteiger partial charge in [0.1, 0.15) is 0 Å². The van der Waals surface area contributed by atoms with Gasteiger partial charge in [0.2, 0.25) is 0 Å². The number of pyridine rings is 1. The largest absolute Gasteiger partial charge is 0.414 e. The fourth-order valence-electron chi connectivity index (χ4n) is 6.00. The Labute approximate surface area is 227 Å². The van der Waals surface area contributed by atoms with Crippen molar-refractivity contribution in [3.8, 4) is 0 Å². The molecule has 0 N–H and O–H groups in total. The number of benzene rings is 3. The van der Waals surface area contributed by atoms with Gasteiger partial charge in [0.15, 0.2) is 0 Å². The first-order valence-corrected chi connectivity index (χ1v) is 12.6. The summed E-state index contributed by atoms with van der Waals surface area (Å²) in [5.41, 5.74) is 10.0. The van der Waals surface area contributed by atoms with Gasteiger partial charge >= 0.3 is 6.85 Å². The molecule has 3 aromatic carbocycles. The fourth-order valence-corrected chi connectivity index (χ4v) is 6.00. The first-order chi connectivity index (χ1) is 16.9. The van der Waals surface area contributed by atoms with E-state index in [-0.39, 0.29) is 27.0 Å². The van der Waals surface area contributed by atoms with Gasteiger partial charge in [0.05, 0.1) is 11.3 Å². The van der Waals surface area contributed by atoms with E-state index in [1.54, 1.807) is 0 Å². The van der Waals surface area contributed by atoms with Crippen molar-refractivity contribution in [3.63, 3.8) is 0 Å². The van der Waals surface area contributed by atoms with Crippen LogP contribution in [-0.4, -0.2) is 28.1 Å². The molecule has 0 aliphatic carbocycles. The van der Waals surface area contributed by atoms with E-state index in [1.165, 1.54) is 44.0 Å². The van der Waals surface area contributed by atoms with Crippen LogP contribution in [0.2, 0.25) is 0 Å². The number of aryl methyl sites for hydroxylation is 1. The Bertz CT molecular complexity index is 1620. The molecule has 0 bridgehead atoms. The van der Waals surface area contributed by atoms with Crippen LogP contribution >= 0.6 is 0 Å². The molecule has 0 atom stereocenters. The van der Waals surface area contributed by atoms with E-state index in [2.05, 4.69) is 118 Å². The number of nitrogens with zero attached hydrogens (tertiary/aromatic N) is 3. The second-order valence-electron chi connectivity index (χ2n) is 10.5. The van der Waals surface area contributed by atoms with E-state index in [4.69, 9.17) is 4.98 Å². The molecule has 0 amide bonds. The minimum atomic E-state index is 0. The van der Waals surface area contributed by atoms with Gasteiger partial charge in [-0.15, -0.1) is 29.7 Å². The van der Waals surface area contributed by atoms with Crippen LogP contribution in [0.3, 0.4) is 0 Å². The van der Waals surface area contributed by atoms with Crippen molar-refractivity contribution >= 4 is 51.3 Å². The zero-order valence-electron chi connectivity index (χ0n) is 21.8. The third-order valence-electron chi connectivity index (χ3n) is 7.61. The second-order valence-corrected chi connectivity index (χ2v) is 10.5. The van der Waals surface area contributed by atoms with Crippen molar-refractivity contribution < 1.29 is 20.1 Å². The van der Waals surface area contributed by atoms with Crippen molar-refractivity contribution in [1.82, 2.24) is 14.2 Å². The standard InChI is InChI=1S/C31H31BN3.Ir/c1-19(2)22-14-10-15-23(20(3)4)29(22)32-30-26(17-18-34(32)6)33-31-25-13-8-7-12-24(25)28-21(5)11-9-16-27(28)35(30)31;/h7-12,14-20H,1-6H3;/q-1;. The Kier molecular flexibility index (Phi) is 6.35. The minimum absolute atomic E-state index is 0. The molecular weight excluding hydrogens is 617 g/mol. The molecule has 1 aliphatic heterocycles. The van der Waals surface area contributed by atoms with Gasteiger partial charge in [-0.2, -0.15) is 0 Å². The summed E-state index contributed by atoms with van der Waals surface area (Å²) in [7, 11) is 2.20. The van der Waals surface area contributed by atoms with Gasteiger partial charge in [-0.3, -0.25) is 4.98 Å². The number of rotatable bonds is 3. The van der Waals surface area contributed by atoms with E-state index >= 15 is 0 Å². The van der Waals surface area contributed by atoms with Crippen LogP contribution in [0.25, 0.3) is 33.4 Å². The minimum Gasteiger partial charge on any atom is -0.414 e. The number of imidazole rings is 1. The second kappa shape index (κ2) is 9.21. The van der Waals surface area contributed by atoms with Gasteiger partial charge in [0.25, 0.3) is 0 Å². The third kappa shape index (κ3) is 3.56. The predicted octanol–water partition coefficient (Wildman–Crippen LogP) is 6.02. The van der Waals surface area contributed by atoms with Gasteiger partial charge in [-0.05, 0) is 66.1 Å². The van der Waals surface area contributed by atoms with E-state index < -0.39 is 0 Å². The number of aromatic nitrogens is 2. The first-order valence-electron chi connectivity index (χ1n) is 12.6. The molecule has 0 unspecified atom stereocenters. The summed E-state index contributed by atoms with van der Waals surface area (Å²) in [5, 5.41) is 3.58. The maximum atomic E-state index is 5.24. The van der Waals surface area contributed by atoms with Gasteiger partial charge in [-0.25, -0.2) is 0 Å². The van der Waals surface area contributed by atoms with Crippen LogP contribution in [0, 0.1) is 13.0 Å². The molecule has 36 heavy (non-hydrogen) atoms. The van der Waals surface area contributed by atoms with E-state index in [1.807, 2.05) is 6.07 Å². The summed E-state index contributed by atoms with van der Waals surface area (Å²) in [6.45, 7) is 11.5. The smallest absolute Gasteiger partial charge is 0.343 e. The van der Waals surface area contributed by atoms with Gasteiger partial charge in [0, 0.05) is 31.2 Å². The Hall–Kier alpha value is -2.88. The Morgan fingerprint density at radius 2 is 1.61 bits per heavy atom. The maximum Gasteiger partial charge on any atom is 0.343 e. The van der Waals surface area contributed by atoms with Gasteiger partial charge in [-0.1, -0.05) is 69.0 Å². The molecule has 3 nitrogen and oxygen atoms in total. The summed E-state index contributed by atoms with van der Waals surface area (Å²) >= 11 is 0. The molecule has 0 fully saturated rings. The molecule has 5 aromatic rings. The summed E-state index contributed by atoms with van der Waals surface area (Å²) in [6, 6.07) is 23.3. The average Bonchev–Trinajstić information content (AvgIpc) is 3.24. The Balaban J connectivity index is 0.00000267. The van der Waals surface area contributed by atoms with Crippen molar-refractivity contribution in [2.75, 3.05) is 7.05 Å². The summed E-state index contributed by atoms with van der Waals surface area (Å²) < 4.78 is 2.42. The molecule has 6 rings (SSSR count). The van der Waals surface area contributed by atoms with Crippen molar-refractivity contribution in [1.29, 1.82) is 0 Å². The molecule has 5 heteroatoms. The van der Waals surface area contributed by atoms with E-state index in [9.17, 15) is 0 Å². The third-order valence-corrected chi connectivity index (χ3v) is 7.61. The fraction of sp³-hybridized carbons (Fsp3) is 0.258. The van der Waals surface area contributed by atoms with Crippen molar-refractivity contribution in [2.45, 2.75) is 46.5 Å². The number of fused-ring (bicyclic) bond motifs is 8. The van der Waals surface area contributed by atoms with Crippen molar-refractivity contribution in [3.05, 3.63) is 89.2 Å². The van der Waals surface area contributed by atoms with Crippen LogP contribution in [-0.2, 0) is 20.1 Å². The summed E-state index contributed by atoms with van der Waals surface area (Å²) in [4.78, 5) is 7.60. The Morgan fingerprint density at radius 1 is 0.917 bits per heavy atom. The number of hydrogen-bond donors (Lipinski definition) is 0. The molecule has 1 aliphatic rings. The number of hydrogen-bond acceptors (Lipinski definition) is 2. The quantitative estimate of drug-likeness (QED) is 0.136. The predicted molar refractivity (Wildman–Crippen MR) is 150 cm³/mol. The van der Waals surface area contributed by atoms with E-state index in [0.29, 0.717) is 11.8 Å². The summed E-state index contributed by atoms with van der Waals surface area (Å²) in [6.07, 6.45) is 4.36. The molecule has 0 spiro atoms. The molecule has 3 heterocycles. The monoisotopic (exact) mass is 649 g/mol. The molecule has 2 aromatic heterocycles. The van der Waals surface area contributed by atoms with Crippen LogP contribution < -0.4 is 11.1 Å². The topological polar surface area (TPSA) is 20.5 Å². The van der Waals surface area contributed by atoms with Crippen LogP contribution in [0.4, 0.5) is 0 Å². The molecule has 0 saturated heterocycles. The zero-order valence-corrected chi connectivity index (χ0v) is 24.2. The van der Waals surface area contributed by atoms with E-state index in [0.717, 1.165) is 16.7 Å². The molecular formula is C31H31BIrN3-. The molecule has 183 valence electrons.